The Bertz CT molecular complexity index is 559. The molecule has 0 atom stereocenters. The summed E-state index contributed by atoms with van der Waals surface area (Å²) in [6.45, 7) is 1.75. The van der Waals surface area contributed by atoms with Crippen molar-refractivity contribution in [3.63, 3.8) is 0 Å². The highest BCUT2D eigenvalue weighted by Gasteiger charge is 2.16. The monoisotopic (exact) mass is 228 g/mol. The van der Waals surface area contributed by atoms with E-state index in [0.717, 1.165) is 5.56 Å². The molecule has 0 heterocycles. The van der Waals surface area contributed by atoms with Crippen LogP contribution in [0.3, 0.4) is 0 Å². The summed E-state index contributed by atoms with van der Waals surface area (Å²) in [6.07, 6.45) is 0. The molecule has 0 aliphatic heterocycles. The van der Waals surface area contributed by atoms with Crippen LogP contribution in [-0.2, 0) is 0 Å². The van der Waals surface area contributed by atoms with Gasteiger partial charge in [-0.25, -0.2) is 0 Å². The minimum absolute atomic E-state index is 0.119. The Labute approximate surface area is 99.0 Å². The van der Waals surface area contributed by atoms with E-state index in [-0.39, 0.29) is 22.8 Å². The predicted octanol–water partition coefficient (Wildman–Crippen LogP) is 2.64. The molecule has 0 unspecified atom stereocenters. The number of rotatable bonds is 2. The molecule has 86 valence electrons. The fraction of sp³-hybridized carbons (Fsp3) is 0.0714. The van der Waals surface area contributed by atoms with E-state index in [1.807, 2.05) is 6.07 Å². The highest BCUT2D eigenvalue weighted by molar-refractivity contribution is 6.11. The first-order chi connectivity index (χ1) is 8.09. The summed E-state index contributed by atoms with van der Waals surface area (Å²) >= 11 is 0. The summed E-state index contributed by atoms with van der Waals surface area (Å²) in [6, 6.07) is 11.6. The average Bonchev–Trinajstić information content (AvgIpc) is 2.34. The average molecular weight is 228 g/mol. The van der Waals surface area contributed by atoms with Gasteiger partial charge in [-0.3, -0.25) is 4.79 Å². The van der Waals surface area contributed by atoms with Gasteiger partial charge in [0.15, 0.2) is 17.3 Å². The molecule has 0 aliphatic rings. The van der Waals surface area contributed by atoms with Crippen LogP contribution < -0.4 is 0 Å². The second kappa shape index (κ2) is 4.29. The number of aryl methyl sites for hydroxylation is 1. The number of ketones is 1. The minimum Gasteiger partial charge on any atom is -0.504 e. The van der Waals surface area contributed by atoms with E-state index < -0.39 is 0 Å². The zero-order valence-corrected chi connectivity index (χ0v) is 9.34. The normalized spacial score (nSPS) is 10.2. The number of hydrogen-bond donors (Lipinski definition) is 2. The molecule has 2 aromatic rings. The van der Waals surface area contributed by atoms with Crippen molar-refractivity contribution >= 4 is 5.78 Å². The van der Waals surface area contributed by atoms with E-state index in [0.29, 0.717) is 5.56 Å². The summed E-state index contributed by atoms with van der Waals surface area (Å²) in [7, 11) is 0. The molecular weight excluding hydrogens is 216 g/mol. The van der Waals surface area contributed by atoms with E-state index in [1.165, 1.54) is 6.07 Å². The molecule has 3 nitrogen and oxygen atoms in total. The summed E-state index contributed by atoms with van der Waals surface area (Å²) in [4.78, 5) is 12.1. The van der Waals surface area contributed by atoms with Crippen LogP contribution in [0, 0.1) is 6.92 Å². The largest absolute Gasteiger partial charge is 0.504 e. The van der Waals surface area contributed by atoms with Gasteiger partial charge >= 0.3 is 0 Å². The van der Waals surface area contributed by atoms with Gasteiger partial charge in [0, 0.05) is 5.56 Å². The van der Waals surface area contributed by atoms with Gasteiger partial charge in [-0.1, -0.05) is 30.3 Å². The lowest BCUT2D eigenvalue weighted by atomic mass is 10.0. The van der Waals surface area contributed by atoms with Crippen molar-refractivity contribution in [3.8, 4) is 11.5 Å². The number of carbonyl (C=O) groups is 1. The van der Waals surface area contributed by atoms with E-state index in [9.17, 15) is 15.0 Å². The first-order valence-corrected chi connectivity index (χ1v) is 5.22. The standard InChI is InChI=1S/C14H12O3/c1-9-7-11(14(17)12(15)8-9)13(16)10-5-3-2-4-6-10/h2-8,15,17H,1H3. The van der Waals surface area contributed by atoms with E-state index >= 15 is 0 Å². The molecule has 0 fully saturated rings. The molecule has 2 N–H and O–H groups in total. The number of benzene rings is 2. The van der Waals surface area contributed by atoms with Crippen LogP contribution in [0.5, 0.6) is 11.5 Å². The Balaban J connectivity index is 2.52. The number of carbonyl (C=O) groups excluding carboxylic acids is 1. The lowest BCUT2D eigenvalue weighted by molar-refractivity contribution is 0.103. The van der Waals surface area contributed by atoms with Crippen molar-refractivity contribution < 1.29 is 15.0 Å². The van der Waals surface area contributed by atoms with Crippen molar-refractivity contribution in [1.29, 1.82) is 0 Å². The Kier molecular flexibility index (Phi) is 2.83. The molecule has 0 amide bonds. The van der Waals surface area contributed by atoms with E-state index in [1.54, 1.807) is 37.3 Å². The summed E-state index contributed by atoms with van der Waals surface area (Å²) in [5, 5.41) is 19.2. The second-order valence-corrected chi connectivity index (χ2v) is 3.88. The fourth-order valence-electron chi connectivity index (χ4n) is 1.68. The van der Waals surface area contributed by atoms with Gasteiger partial charge in [-0.05, 0) is 24.6 Å². The quantitative estimate of drug-likeness (QED) is 0.613. The van der Waals surface area contributed by atoms with Crippen LogP contribution in [0.15, 0.2) is 42.5 Å². The SMILES string of the molecule is Cc1cc(O)c(O)c(C(=O)c2ccccc2)c1. The second-order valence-electron chi connectivity index (χ2n) is 3.88. The molecule has 2 aromatic carbocycles. The summed E-state index contributed by atoms with van der Waals surface area (Å²) < 4.78 is 0. The van der Waals surface area contributed by atoms with Crippen molar-refractivity contribution in [2.75, 3.05) is 0 Å². The molecule has 0 bridgehead atoms. The van der Waals surface area contributed by atoms with Gasteiger partial charge in [-0.15, -0.1) is 0 Å². The molecule has 0 radical (unpaired) electrons. The number of aromatic hydroxyl groups is 2. The highest BCUT2D eigenvalue weighted by atomic mass is 16.3. The molecular formula is C14H12O3. The lowest BCUT2D eigenvalue weighted by Crippen LogP contribution is -2.02. The Hall–Kier alpha value is -2.29. The molecule has 3 heteroatoms. The van der Waals surface area contributed by atoms with E-state index in [4.69, 9.17) is 0 Å². The third kappa shape index (κ3) is 2.13. The smallest absolute Gasteiger partial charge is 0.196 e. The number of phenols is 2. The topological polar surface area (TPSA) is 57.5 Å². The van der Waals surface area contributed by atoms with Gasteiger partial charge in [0.05, 0.1) is 5.56 Å². The first-order valence-electron chi connectivity index (χ1n) is 5.22. The Morgan fingerprint density at radius 1 is 1.06 bits per heavy atom. The van der Waals surface area contributed by atoms with Crippen LogP contribution in [0.25, 0.3) is 0 Å². The van der Waals surface area contributed by atoms with E-state index in [2.05, 4.69) is 0 Å². The van der Waals surface area contributed by atoms with Gasteiger partial charge in [0.1, 0.15) is 0 Å². The Morgan fingerprint density at radius 3 is 2.35 bits per heavy atom. The van der Waals surface area contributed by atoms with Gasteiger partial charge < -0.3 is 10.2 Å². The van der Waals surface area contributed by atoms with Crippen molar-refractivity contribution in [3.05, 3.63) is 59.2 Å². The summed E-state index contributed by atoms with van der Waals surface area (Å²) in [5.74, 6) is -0.948. The van der Waals surface area contributed by atoms with Gasteiger partial charge in [0.25, 0.3) is 0 Å². The summed E-state index contributed by atoms with van der Waals surface area (Å²) in [5.41, 5.74) is 1.32. The predicted molar refractivity (Wildman–Crippen MR) is 64.4 cm³/mol. The molecule has 0 aromatic heterocycles. The maximum Gasteiger partial charge on any atom is 0.196 e. The first kappa shape index (κ1) is 11.2. The molecule has 0 spiro atoms. The van der Waals surface area contributed by atoms with Gasteiger partial charge in [-0.2, -0.15) is 0 Å². The van der Waals surface area contributed by atoms with Crippen LogP contribution in [0.1, 0.15) is 21.5 Å². The van der Waals surface area contributed by atoms with Crippen LogP contribution in [0.2, 0.25) is 0 Å². The third-order valence-electron chi connectivity index (χ3n) is 2.51. The number of phenolic OH excluding ortho intramolecular Hbond substituents is 2. The van der Waals surface area contributed by atoms with Gasteiger partial charge in [0.2, 0.25) is 0 Å². The molecule has 2 rings (SSSR count). The fourth-order valence-corrected chi connectivity index (χ4v) is 1.68. The molecule has 17 heavy (non-hydrogen) atoms. The lowest BCUT2D eigenvalue weighted by Gasteiger charge is -2.07. The zero-order chi connectivity index (χ0) is 12.4. The minimum atomic E-state index is -0.371. The molecule has 0 saturated heterocycles. The van der Waals surface area contributed by atoms with Crippen LogP contribution in [-0.4, -0.2) is 16.0 Å². The zero-order valence-electron chi connectivity index (χ0n) is 9.34. The maximum atomic E-state index is 12.1. The Morgan fingerprint density at radius 2 is 1.71 bits per heavy atom. The maximum absolute atomic E-state index is 12.1. The number of hydrogen-bond acceptors (Lipinski definition) is 3. The van der Waals surface area contributed by atoms with Crippen LogP contribution >= 0.6 is 0 Å². The molecule has 0 saturated carbocycles. The molecule has 0 aliphatic carbocycles. The van der Waals surface area contributed by atoms with Crippen molar-refractivity contribution in [1.82, 2.24) is 0 Å². The van der Waals surface area contributed by atoms with Crippen LogP contribution in [0.4, 0.5) is 0 Å². The van der Waals surface area contributed by atoms with Crippen molar-refractivity contribution in [2.45, 2.75) is 6.92 Å². The van der Waals surface area contributed by atoms with Crippen molar-refractivity contribution in [2.24, 2.45) is 0 Å². The third-order valence-corrected chi connectivity index (χ3v) is 2.51. The highest BCUT2D eigenvalue weighted by Crippen LogP contribution is 2.31.